The van der Waals surface area contributed by atoms with Crippen LogP contribution in [0.3, 0.4) is 0 Å². The van der Waals surface area contributed by atoms with Crippen LogP contribution in [0.1, 0.15) is 23.1 Å². The predicted octanol–water partition coefficient (Wildman–Crippen LogP) is 3.36. The number of anilines is 2. The Morgan fingerprint density at radius 1 is 1.08 bits per heavy atom. The normalized spacial score (nSPS) is 15.4. The molecular weight excluding hydrogens is 324 g/mol. The van der Waals surface area contributed by atoms with Crippen LogP contribution in [-0.2, 0) is 28.9 Å². The van der Waals surface area contributed by atoms with E-state index in [9.17, 15) is 9.59 Å². The highest BCUT2D eigenvalue weighted by Gasteiger charge is 2.31. The molecule has 0 saturated carbocycles. The minimum atomic E-state index is -0.0498. The smallest absolute Gasteiger partial charge is 0.228 e. The average Bonchev–Trinajstić information content (AvgIpc) is 2.98. The third-order valence-corrected chi connectivity index (χ3v) is 4.87. The van der Waals surface area contributed by atoms with Crippen LogP contribution in [-0.4, -0.2) is 18.4 Å². The van der Waals surface area contributed by atoms with Gasteiger partial charge in [-0.2, -0.15) is 0 Å². The van der Waals surface area contributed by atoms with Crippen LogP contribution in [0.15, 0.2) is 36.4 Å². The molecule has 24 heavy (non-hydrogen) atoms. The number of nitrogens with zero attached hydrogens (tertiary/aromatic N) is 1. The van der Waals surface area contributed by atoms with E-state index in [0.717, 1.165) is 47.5 Å². The van der Waals surface area contributed by atoms with Crippen LogP contribution in [0.4, 0.5) is 11.4 Å². The number of carbonyl (C=O) groups excluding carboxylic acids is 2. The molecule has 5 heteroatoms. The van der Waals surface area contributed by atoms with Crippen LogP contribution in [0.25, 0.3) is 0 Å². The molecule has 0 unspecified atom stereocenters. The first-order valence-corrected chi connectivity index (χ1v) is 8.48. The standard InChI is InChI=1S/C19H17ClN2O2/c20-15-4-1-12(2-5-15)9-17(23)21-16-10-13-3-6-18(24)22-8-7-14(11-16)19(13)22/h1-2,4-5,10-11H,3,6-9H2,(H,21,23). The van der Waals surface area contributed by atoms with Crippen molar-refractivity contribution in [1.29, 1.82) is 0 Å². The first-order valence-electron chi connectivity index (χ1n) is 8.10. The van der Waals surface area contributed by atoms with Crippen molar-refractivity contribution in [2.24, 2.45) is 0 Å². The highest BCUT2D eigenvalue weighted by Crippen LogP contribution is 2.38. The van der Waals surface area contributed by atoms with E-state index in [1.54, 1.807) is 12.1 Å². The molecule has 1 N–H and O–H groups in total. The second-order valence-corrected chi connectivity index (χ2v) is 6.73. The van der Waals surface area contributed by atoms with Crippen molar-refractivity contribution in [2.45, 2.75) is 25.7 Å². The van der Waals surface area contributed by atoms with Crippen molar-refractivity contribution in [3.05, 3.63) is 58.1 Å². The summed E-state index contributed by atoms with van der Waals surface area (Å²) < 4.78 is 0. The predicted molar refractivity (Wildman–Crippen MR) is 94.6 cm³/mol. The number of carbonyl (C=O) groups is 2. The maximum Gasteiger partial charge on any atom is 0.228 e. The zero-order valence-corrected chi connectivity index (χ0v) is 13.9. The fourth-order valence-corrected chi connectivity index (χ4v) is 3.65. The largest absolute Gasteiger partial charge is 0.326 e. The Morgan fingerprint density at radius 3 is 2.54 bits per heavy atom. The lowest BCUT2D eigenvalue weighted by atomic mass is 9.98. The average molecular weight is 341 g/mol. The van der Waals surface area contributed by atoms with Gasteiger partial charge in [0.2, 0.25) is 11.8 Å². The maximum absolute atomic E-state index is 12.3. The van der Waals surface area contributed by atoms with Crippen molar-refractivity contribution in [3.63, 3.8) is 0 Å². The second kappa shape index (κ2) is 5.95. The Balaban J connectivity index is 1.52. The minimum absolute atomic E-state index is 0.0498. The number of halogens is 1. The van der Waals surface area contributed by atoms with E-state index in [4.69, 9.17) is 11.6 Å². The van der Waals surface area contributed by atoms with Gasteiger partial charge in [-0.3, -0.25) is 9.59 Å². The van der Waals surface area contributed by atoms with Crippen LogP contribution in [0, 0.1) is 0 Å². The molecule has 4 rings (SSSR count). The third kappa shape index (κ3) is 2.78. The van der Waals surface area contributed by atoms with Gasteiger partial charge in [0.15, 0.2) is 0 Å². The summed E-state index contributed by atoms with van der Waals surface area (Å²) in [5.41, 5.74) is 5.13. The number of benzene rings is 2. The lowest BCUT2D eigenvalue weighted by Gasteiger charge is -2.25. The lowest BCUT2D eigenvalue weighted by molar-refractivity contribution is -0.119. The Bertz CT molecular complexity index is 830. The Kier molecular flexibility index (Phi) is 3.77. The topological polar surface area (TPSA) is 49.4 Å². The maximum atomic E-state index is 12.3. The summed E-state index contributed by atoms with van der Waals surface area (Å²) in [5, 5.41) is 3.65. The quantitative estimate of drug-likeness (QED) is 0.931. The van der Waals surface area contributed by atoms with Gasteiger partial charge in [-0.1, -0.05) is 23.7 Å². The number of hydrogen-bond donors (Lipinski definition) is 1. The van der Waals surface area contributed by atoms with Gasteiger partial charge in [0.05, 0.1) is 12.1 Å². The van der Waals surface area contributed by atoms with E-state index >= 15 is 0 Å². The van der Waals surface area contributed by atoms with E-state index in [2.05, 4.69) is 5.32 Å². The van der Waals surface area contributed by atoms with Crippen molar-refractivity contribution < 1.29 is 9.59 Å². The summed E-state index contributed by atoms with van der Waals surface area (Å²) in [6.45, 7) is 0.753. The van der Waals surface area contributed by atoms with E-state index in [1.165, 1.54) is 0 Å². The molecule has 0 saturated heterocycles. The molecule has 0 spiro atoms. The highest BCUT2D eigenvalue weighted by molar-refractivity contribution is 6.30. The summed E-state index contributed by atoms with van der Waals surface area (Å²) in [6, 6.07) is 11.3. The molecule has 0 fully saturated rings. The van der Waals surface area contributed by atoms with E-state index in [-0.39, 0.29) is 11.8 Å². The summed E-state index contributed by atoms with van der Waals surface area (Å²) in [6.07, 6.45) is 2.47. The lowest BCUT2D eigenvalue weighted by Crippen LogP contribution is -2.32. The van der Waals surface area contributed by atoms with Gasteiger partial charge < -0.3 is 10.2 Å². The second-order valence-electron chi connectivity index (χ2n) is 6.29. The van der Waals surface area contributed by atoms with Crippen LogP contribution >= 0.6 is 11.6 Å². The van der Waals surface area contributed by atoms with Crippen molar-refractivity contribution in [2.75, 3.05) is 16.8 Å². The molecule has 0 atom stereocenters. The van der Waals surface area contributed by atoms with Gasteiger partial charge >= 0.3 is 0 Å². The van der Waals surface area contributed by atoms with Crippen molar-refractivity contribution in [1.82, 2.24) is 0 Å². The number of nitrogens with one attached hydrogen (secondary N) is 1. The summed E-state index contributed by atoms with van der Waals surface area (Å²) in [5.74, 6) is 0.159. The molecule has 0 aliphatic carbocycles. The van der Waals surface area contributed by atoms with Gasteiger partial charge in [0.1, 0.15) is 0 Å². The SMILES string of the molecule is O=C(Cc1ccc(Cl)cc1)Nc1cc2c3c(c1)CCN3C(=O)CC2. The van der Waals surface area contributed by atoms with Crippen LogP contribution < -0.4 is 10.2 Å². The monoisotopic (exact) mass is 340 g/mol. The number of rotatable bonds is 3. The van der Waals surface area contributed by atoms with Gasteiger partial charge in [0, 0.05) is 23.7 Å². The van der Waals surface area contributed by atoms with Gasteiger partial charge in [-0.25, -0.2) is 0 Å². The Hall–Kier alpha value is -2.33. The Labute approximate surface area is 145 Å². The fourth-order valence-electron chi connectivity index (χ4n) is 3.52. The Morgan fingerprint density at radius 2 is 1.79 bits per heavy atom. The molecule has 2 aliphatic rings. The summed E-state index contributed by atoms with van der Waals surface area (Å²) >= 11 is 5.86. The van der Waals surface area contributed by atoms with Crippen LogP contribution in [0.2, 0.25) is 5.02 Å². The molecular formula is C19H17ClN2O2. The zero-order valence-electron chi connectivity index (χ0n) is 13.1. The molecule has 2 aromatic carbocycles. The zero-order chi connectivity index (χ0) is 16.7. The molecule has 2 heterocycles. The molecule has 122 valence electrons. The van der Waals surface area contributed by atoms with Gasteiger partial charge in [-0.15, -0.1) is 0 Å². The minimum Gasteiger partial charge on any atom is -0.326 e. The number of hydrogen-bond acceptors (Lipinski definition) is 2. The van der Waals surface area contributed by atoms with Crippen molar-refractivity contribution in [3.8, 4) is 0 Å². The molecule has 0 bridgehead atoms. The highest BCUT2D eigenvalue weighted by atomic mass is 35.5. The number of amides is 2. The van der Waals surface area contributed by atoms with Crippen LogP contribution in [0.5, 0.6) is 0 Å². The molecule has 0 radical (unpaired) electrons. The molecule has 0 aromatic heterocycles. The van der Waals surface area contributed by atoms with E-state index in [1.807, 2.05) is 29.2 Å². The first-order chi connectivity index (χ1) is 11.6. The number of aryl methyl sites for hydroxylation is 1. The third-order valence-electron chi connectivity index (χ3n) is 4.61. The molecule has 2 aliphatic heterocycles. The fraction of sp³-hybridized carbons (Fsp3) is 0.263. The molecule has 2 amide bonds. The molecule has 2 aromatic rings. The summed E-state index contributed by atoms with van der Waals surface area (Å²) in [4.78, 5) is 26.1. The van der Waals surface area contributed by atoms with Gasteiger partial charge in [0.25, 0.3) is 0 Å². The van der Waals surface area contributed by atoms with Gasteiger partial charge in [-0.05, 0) is 53.8 Å². The summed E-state index contributed by atoms with van der Waals surface area (Å²) in [7, 11) is 0. The first kappa shape index (κ1) is 15.2. The van der Waals surface area contributed by atoms with Crippen molar-refractivity contribution >= 4 is 34.8 Å². The van der Waals surface area contributed by atoms with E-state index in [0.29, 0.717) is 17.9 Å². The molecule has 4 nitrogen and oxygen atoms in total. The van der Waals surface area contributed by atoms with E-state index < -0.39 is 0 Å².